The summed E-state index contributed by atoms with van der Waals surface area (Å²) < 4.78 is 55.5. The van der Waals surface area contributed by atoms with Gasteiger partial charge in [-0.2, -0.15) is 0 Å². The Morgan fingerprint density at radius 3 is 2.04 bits per heavy atom. The number of hydrogen-bond acceptors (Lipinski definition) is 11. The summed E-state index contributed by atoms with van der Waals surface area (Å²) in [4.78, 5) is 25.0. The third-order valence-electron chi connectivity index (χ3n) is 8.25. The Morgan fingerprint density at radius 2 is 1.24 bits per heavy atom. The fourth-order valence-electron chi connectivity index (χ4n) is 5.56. The van der Waals surface area contributed by atoms with Gasteiger partial charge in [-0.15, -0.1) is 5.10 Å². The molecule has 12 nitrogen and oxygen atoms in total. The average Bonchev–Trinajstić information content (AvgIpc) is 3.65. The molecule has 0 atom stereocenters. The Labute approximate surface area is 308 Å². The molecule has 4 aromatic carbocycles. The van der Waals surface area contributed by atoms with Crippen molar-refractivity contribution in [3.8, 4) is 34.1 Å². The fourth-order valence-corrected chi connectivity index (χ4v) is 5.56. The summed E-state index contributed by atoms with van der Waals surface area (Å²) in [6.45, 7) is 3.45. The predicted octanol–water partition coefficient (Wildman–Crippen LogP) is 6.67. The van der Waals surface area contributed by atoms with Crippen LogP contribution in [0.2, 0.25) is 0 Å². The van der Waals surface area contributed by atoms with E-state index in [0.29, 0.717) is 104 Å². The lowest BCUT2D eigenvalue weighted by atomic mass is 10.1. The number of hydrogen-bond donors (Lipinski definition) is 0. The third-order valence-corrected chi connectivity index (χ3v) is 8.25. The van der Waals surface area contributed by atoms with Gasteiger partial charge in [-0.1, -0.05) is 35.5 Å². The topological polar surface area (TPSA) is 137 Å². The van der Waals surface area contributed by atoms with Gasteiger partial charge in [0.25, 0.3) is 0 Å². The van der Waals surface area contributed by atoms with Gasteiger partial charge in [0.15, 0.2) is 10.9 Å². The van der Waals surface area contributed by atoms with Crippen LogP contribution in [0.4, 0.5) is 4.39 Å². The van der Waals surface area contributed by atoms with Gasteiger partial charge >= 0.3 is 0 Å². The molecule has 3 aromatic heterocycles. The molecule has 7 rings (SSSR count). The highest BCUT2D eigenvalue weighted by molar-refractivity contribution is 5.80. The minimum absolute atomic E-state index is 0.113. The Hall–Kier alpha value is -6.15. The molecule has 0 radical (unpaired) electrons. The van der Waals surface area contributed by atoms with Gasteiger partial charge in [-0.25, -0.2) is 9.07 Å². The molecular formula is C41H36FN3O9. The van der Waals surface area contributed by atoms with E-state index in [1.807, 2.05) is 30.3 Å². The first-order chi connectivity index (χ1) is 26.5. The summed E-state index contributed by atoms with van der Waals surface area (Å²) in [5.74, 6) is 1.62. The number of aromatic nitrogens is 3. The third kappa shape index (κ3) is 9.44. The van der Waals surface area contributed by atoms with Crippen molar-refractivity contribution >= 4 is 21.9 Å². The lowest BCUT2D eigenvalue weighted by Crippen LogP contribution is -2.13. The molecule has 0 aliphatic heterocycles. The van der Waals surface area contributed by atoms with Crippen LogP contribution >= 0.6 is 0 Å². The van der Waals surface area contributed by atoms with Crippen LogP contribution < -0.4 is 20.3 Å². The Morgan fingerprint density at radius 1 is 0.593 bits per heavy atom. The fraction of sp³-hybridized carbons (Fsp3) is 0.220. The second kappa shape index (κ2) is 17.6. The molecule has 0 saturated carbocycles. The lowest BCUT2D eigenvalue weighted by Gasteiger charge is -2.09. The quantitative estimate of drug-likeness (QED) is 0.0875. The molecule has 0 unspecified atom stereocenters. The van der Waals surface area contributed by atoms with Crippen molar-refractivity contribution in [3.63, 3.8) is 0 Å². The summed E-state index contributed by atoms with van der Waals surface area (Å²) in [6, 6.07) is 28.5. The van der Waals surface area contributed by atoms with E-state index in [2.05, 4.69) is 10.3 Å². The summed E-state index contributed by atoms with van der Waals surface area (Å²) in [5, 5.41) is 8.95. The van der Waals surface area contributed by atoms with Gasteiger partial charge in [-0.3, -0.25) is 9.59 Å². The van der Waals surface area contributed by atoms with E-state index >= 15 is 0 Å². The first-order valence-electron chi connectivity index (χ1n) is 17.3. The monoisotopic (exact) mass is 733 g/mol. The molecule has 0 fully saturated rings. The molecule has 276 valence electrons. The Balaban J connectivity index is 0.737. The molecule has 0 amide bonds. The van der Waals surface area contributed by atoms with Crippen LogP contribution in [0.15, 0.2) is 128 Å². The number of rotatable bonds is 18. The van der Waals surface area contributed by atoms with Gasteiger partial charge in [0.05, 0.1) is 63.2 Å². The highest BCUT2D eigenvalue weighted by Gasteiger charge is 2.10. The van der Waals surface area contributed by atoms with Gasteiger partial charge in [0.1, 0.15) is 58.9 Å². The highest BCUT2D eigenvalue weighted by Crippen LogP contribution is 2.26. The normalized spacial score (nSPS) is 11.4. The van der Waals surface area contributed by atoms with Crippen LogP contribution in [0.5, 0.6) is 11.5 Å². The largest absolute Gasteiger partial charge is 0.491 e. The molecule has 13 heteroatoms. The van der Waals surface area contributed by atoms with E-state index in [1.54, 1.807) is 53.3 Å². The van der Waals surface area contributed by atoms with Crippen molar-refractivity contribution < 1.29 is 36.9 Å². The molecule has 0 aliphatic carbocycles. The van der Waals surface area contributed by atoms with Crippen molar-refractivity contribution in [1.29, 1.82) is 0 Å². The van der Waals surface area contributed by atoms with Crippen molar-refractivity contribution in [3.05, 3.63) is 141 Å². The van der Waals surface area contributed by atoms with Crippen LogP contribution in [0, 0.1) is 5.82 Å². The van der Waals surface area contributed by atoms with Gasteiger partial charge in [0, 0.05) is 29.3 Å². The van der Waals surface area contributed by atoms with Crippen molar-refractivity contribution in [2.45, 2.75) is 13.2 Å². The zero-order valence-electron chi connectivity index (χ0n) is 29.2. The molecular weight excluding hydrogens is 697 g/mol. The summed E-state index contributed by atoms with van der Waals surface area (Å²) in [5.41, 5.74) is 2.57. The van der Waals surface area contributed by atoms with Crippen LogP contribution in [0.3, 0.4) is 0 Å². The Bertz CT molecular complexity index is 2430. The molecule has 54 heavy (non-hydrogen) atoms. The first kappa shape index (κ1) is 36.2. The molecule has 3 heterocycles. The molecule has 0 bridgehead atoms. The lowest BCUT2D eigenvalue weighted by molar-refractivity contribution is 0.0333. The molecule has 0 saturated heterocycles. The van der Waals surface area contributed by atoms with Crippen LogP contribution in [-0.2, 0) is 27.4 Å². The van der Waals surface area contributed by atoms with Crippen molar-refractivity contribution in [1.82, 2.24) is 15.0 Å². The van der Waals surface area contributed by atoms with Crippen LogP contribution in [0.1, 0.15) is 5.69 Å². The number of nitrogens with zero attached hydrogens (tertiary/aromatic N) is 3. The predicted molar refractivity (Wildman–Crippen MR) is 198 cm³/mol. The van der Waals surface area contributed by atoms with E-state index in [1.165, 1.54) is 30.3 Å². The molecule has 0 aliphatic rings. The zero-order valence-corrected chi connectivity index (χ0v) is 29.2. The van der Waals surface area contributed by atoms with Crippen LogP contribution in [-0.4, -0.2) is 61.2 Å². The SMILES string of the molecule is O=c1cc(-c2ccccc2)oc2cc(OCCOCc3cn(CCOCCOCCOc4ccc(-c5cc(=O)c6cc(F)ccc6o5)cc4)nn3)ccc12. The van der Waals surface area contributed by atoms with Gasteiger partial charge < -0.3 is 32.5 Å². The van der Waals surface area contributed by atoms with Crippen LogP contribution in [0.25, 0.3) is 44.6 Å². The van der Waals surface area contributed by atoms with E-state index in [-0.39, 0.29) is 22.9 Å². The second-order valence-corrected chi connectivity index (χ2v) is 12.1. The summed E-state index contributed by atoms with van der Waals surface area (Å²) in [7, 11) is 0. The molecule has 0 N–H and O–H groups in total. The number of fused-ring (bicyclic) bond motifs is 2. The summed E-state index contributed by atoms with van der Waals surface area (Å²) >= 11 is 0. The maximum atomic E-state index is 13.5. The van der Waals surface area contributed by atoms with E-state index in [0.717, 1.165) is 5.56 Å². The van der Waals surface area contributed by atoms with E-state index < -0.39 is 5.82 Å². The zero-order chi connectivity index (χ0) is 37.1. The summed E-state index contributed by atoms with van der Waals surface area (Å²) in [6.07, 6.45) is 1.81. The van der Waals surface area contributed by atoms with E-state index in [4.69, 9.17) is 32.5 Å². The average molecular weight is 734 g/mol. The maximum Gasteiger partial charge on any atom is 0.193 e. The van der Waals surface area contributed by atoms with Crippen molar-refractivity contribution in [2.24, 2.45) is 0 Å². The second-order valence-electron chi connectivity index (χ2n) is 12.1. The highest BCUT2D eigenvalue weighted by atomic mass is 19.1. The van der Waals surface area contributed by atoms with Crippen molar-refractivity contribution in [2.75, 3.05) is 46.2 Å². The van der Waals surface area contributed by atoms with Gasteiger partial charge in [0.2, 0.25) is 0 Å². The first-order valence-corrected chi connectivity index (χ1v) is 17.3. The minimum Gasteiger partial charge on any atom is -0.491 e. The molecule has 7 aromatic rings. The molecule has 0 spiro atoms. The Kier molecular flexibility index (Phi) is 11.8. The number of halogens is 1. The van der Waals surface area contributed by atoms with Gasteiger partial charge in [-0.05, 0) is 54.6 Å². The van der Waals surface area contributed by atoms with E-state index in [9.17, 15) is 14.0 Å². The number of benzene rings is 4. The smallest absolute Gasteiger partial charge is 0.193 e. The number of ether oxygens (including phenoxy) is 5. The maximum absolute atomic E-state index is 13.5. The minimum atomic E-state index is -0.487. The standard InChI is InChI=1S/C41H36FN3O9/c42-30-8-13-38-35(22-30)37(47)25-40(53-38)29-6-9-32(10-7-29)51-20-18-49-17-16-48-15-14-45-26-31(43-44-45)27-50-19-21-52-33-11-12-34-36(46)24-39(54-41(34)23-33)28-4-2-1-3-5-28/h1-13,22-26H,14-21,27H2.